The molecule has 1 aliphatic heterocycles. The molecule has 0 radical (unpaired) electrons. The van der Waals surface area contributed by atoms with Gasteiger partial charge in [0.1, 0.15) is 16.9 Å². The van der Waals surface area contributed by atoms with Gasteiger partial charge in [-0.05, 0) is 37.1 Å². The number of nitrogens with one attached hydrogen (secondary N) is 1. The molecule has 1 saturated heterocycles. The van der Waals surface area contributed by atoms with Crippen LogP contribution < -0.4 is 5.32 Å². The topological polar surface area (TPSA) is 92.3 Å². The standard InChI is InChI=1S/C16H19FN4O3S2/c1-10(2)15-19-20-16(25-15)18-14(22)13-4-3-9-21(13)26(23,24)12-7-5-11(17)6-8-12/h5-8,10,13H,3-4,9H2,1-2H3,(H,18,20,22)/t13-/m1/s1. The van der Waals surface area contributed by atoms with Gasteiger partial charge in [-0.15, -0.1) is 10.2 Å². The second-order valence-electron chi connectivity index (χ2n) is 6.32. The molecule has 0 spiro atoms. The van der Waals surface area contributed by atoms with E-state index in [2.05, 4.69) is 15.5 Å². The molecule has 1 aromatic heterocycles. The Bertz CT molecular complexity index is 896. The molecule has 1 fully saturated rings. The van der Waals surface area contributed by atoms with E-state index in [1.807, 2.05) is 13.8 Å². The Morgan fingerprint density at radius 3 is 2.62 bits per heavy atom. The van der Waals surface area contributed by atoms with Crippen molar-refractivity contribution in [3.8, 4) is 0 Å². The van der Waals surface area contributed by atoms with Crippen molar-refractivity contribution in [2.75, 3.05) is 11.9 Å². The first-order chi connectivity index (χ1) is 12.3. The zero-order valence-corrected chi connectivity index (χ0v) is 16.0. The van der Waals surface area contributed by atoms with Crippen molar-refractivity contribution in [1.29, 1.82) is 0 Å². The van der Waals surface area contributed by atoms with Gasteiger partial charge in [0.2, 0.25) is 21.1 Å². The first-order valence-corrected chi connectivity index (χ1v) is 10.5. The minimum absolute atomic E-state index is 0.0309. The maximum atomic E-state index is 13.1. The molecule has 140 valence electrons. The van der Waals surface area contributed by atoms with Gasteiger partial charge < -0.3 is 0 Å². The predicted octanol–water partition coefficient (Wildman–Crippen LogP) is 2.59. The van der Waals surface area contributed by atoms with Gasteiger partial charge in [0.05, 0.1) is 4.90 Å². The fraction of sp³-hybridized carbons (Fsp3) is 0.438. The van der Waals surface area contributed by atoms with Gasteiger partial charge in [-0.1, -0.05) is 25.2 Å². The van der Waals surface area contributed by atoms with E-state index < -0.39 is 27.8 Å². The third-order valence-corrected chi connectivity index (χ3v) is 7.15. The van der Waals surface area contributed by atoms with Crippen LogP contribution in [-0.2, 0) is 14.8 Å². The fourth-order valence-electron chi connectivity index (χ4n) is 2.74. The van der Waals surface area contributed by atoms with Crippen molar-refractivity contribution in [2.45, 2.75) is 43.5 Å². The average molecular weight is 398 g/mol. The van der Waals surface area contributed by atoms with Crippen LogP contribution >= 0.6 is 11.3 Å². The van der Waals surface area contributed by atoms with Crippen molar-refractivity contribution in [3.63, 3.8) is 0 Å². The van der Waals surface area contributed by atoms with Crippen molar-refractivity contribution in [3.05, 3.63) is 35.1 Å². The number of amides is 1. The van der Waals surface area contributed by atoms with Crippen LogP contribution in [0.4, 0.5) is 9.52 Å². The van der Waals surface area contributed by atoms with Gasteiger partial charge in [0, 0.05) is 12.5 Å². The Labute approximate surface area is 155 Å². The number of nitrogens with zero attached hydrogens (tertiary/aromatic N) is 3. The summed E-state index contributed by atoms with van der Waals surface area (Å²) in [5, 5.41) is 11.7. The molecule has 26 heavy (non-hydrogen) atoms. The van der Waals surface area contributed by atoms with E-state index in [0.717, 1.165) is 17.1 Å². The van der Waals surface area contributed by atoms with E-state index in [1.54, 1.807) is 0 Å². The Hall–Kier alpha value is -1.91. The van der Waals surface area contributed by atoms with E-state index >= 15 is 0 Å². The van der Waals surface area contributed by atoms with E-state index in [-0.39, 0.29) is 17.4 Å². The molecular weight excluding hydrogens is 379 g/mol. The van der Waals surface area contributed by atoms with Gasteiger partial charge in [-0.3, -0.25) is 10.1 Å². The molecule has 10 heteroatoms. The van der Waals surface area contributed by atoms with Crippen LogP contribution in [0.1, 0.15) is 37.6 Å². The van der Waals surface area contributed by atoms with Crippen LogP contribution in [0.5, 0.6) is 0 Å². The molecule has 0 bridgehead atoms. The maximum Gasteiger partial charge on any atom is 0.244 e. The molecular formula is C16H19FN4O3S2. The van der Waals surface area contributed by atoms with Gasteiger partial charge >= 0.3 is 0 Å². The number of aromatic nitrogens is 2. The summed E-state index contributed by atoms with van der Waals surface area (Å²) >= 11 is 1.27. The molecule has 0 unspecified atom stereocenters. The van der Waals surface area contributed by atoms with E-state index in [9.17, 15) is 17.6 Å². The first-order valence-electron chi connectivity index (χ1n) is 8.20. The molecule has 1 N–H and O–H groups in total. The summed E-state index contributed by atoms with van der Waals surface area (Å²) in [5.74, 6) is -0.753. The Kier molecular flexibility index (Phi) is 5.35. The highest BCUT2D eigenvalue weighted by Crippen LogP contribution is 2.28. The molecule has 2 aromatic rings. The summed E-state index contributed by atoms with van der Waals surface area (Å²) in [7, 11) is -3.88. The number of anilines is 1. The molecule has 1 amide bonds. The number of carbonyl (C=O) groups excluding carboxylic acids is 1. The SMILES string of the molecule is CC(C)c1nnc(NC(=O)[C@H]2CCCN2S(=O)(=O)c2ccc(F)cc2)s1. The van der Waals surface area contributed by atoms with Crippen molar-refractivity contribution in [1.82, 2.24) is 14.5 Å². The summed E-state index contributed by atoms with van der Waals surface area (Å²) in [5.41, 5.74) is 0. The lowest BCUT2D eigenvalue weighted by atomic mass is 10.2. The molecule has 0 saturated carbocycles. The monoisotopic (exact) mass is 398 g/mol. The van der Waals surface area contributed by atoms with Crippen LogP contribution in [0.3, 0.4) is 0 Å². The van der Waals surface area contributed by atoms with Crippen molar-refractivity contribution >= 4 is 32.4 Å². The highest BCUT2D eigenvalue weighted by Gasteiger charge is 2.39. The predicted molar refractivity (Wildman–Crippen MR) is 95.9 cm³/mol. The van der Waals surface area contributed by atoms with Gasteiger partial charge in [-0.25, -0.2) is 12.8 Å². The largest absolute Gasteiger partial charge is 0.299 e. The summed E-state index contributed by atoms with van der Waals surface area (Å²) in [6.45, 7) is 4.19. The summed E-state index contributed by atoms with van der Waals surface area (Å²) < 4.78 is 39.8. The first kappa shape index (κ1) is 18.9. The third-order valence-electron chi connectivity index (χ3n) is 4.09. The highest BCUT2D eigenvalue weighted by atomic mass is 32.2. The number of carbonyl (C=O) groups is 1. The van der Waals surface area contributed by atoms with Gasteiger partial charge in [-0.2, -0.15) is 4.31 Å². The lowest BCUT2D eigenvalue weighted by Crippen LogP contribution is -2.43. The fourth-order valence-corrected chi connectivity index (χ4v) is 5.14. The van der Waals surface area contributed by atoms with Crippen molar-refractivity contribution < 1.29 is 17.6 Å². The number of rotatable bonds is 5. The third kappa shape index (κ3) is 3.76. The zero-order chi connectivity index (χ0) is 18.9. The van der Waals surface area contributed by atoms with E-state index in [0.29, 0.717) is 18.0 Å². The molecule has 1 atom stereocenters. The number of benzene rings is 1. The number of sulfonamides is 1. The van der Waals surface area contributed by atoms with E-state index in [4.69, 9.17) is 0 Å². The Balaban J connectivity index is 1.78. The smallest absolute Gasteiger partial charge is 0.244 e. The van der Waals surface area contributed by atoms with Crippen LogP contribution in [0.25, 0.3) is 0 Å². The van der Waals surface area contributed by atoms with Crippen LogP contribution in [0.2, 0.25) is 0 Å². The Morgan fingerprint density at radius 2 is 2.00 bits per heavy atom. The summed E-state index contributed by atoms with van der Waals surface area (Å²) in [4.78, 5) is 12.6. The average Bonchev–Trinajstić information content (AvgIpc) is 3.24. The molecule has 0 aliphatic carbocycles. The lowest BCUT2D eigenvalue weighted by molar-refractivity contribution is -0.119. The minimum atomic E-state index is -3.88. The summed E-state index contributed by atoms with van der Waals surface area (Å²) in [6.07, 6.45) is 0.994. The normalized spacial score (nSPS) is 18.4. The number of hydrogen-bond acceptors (Lipinski definition) is 6. The molecule has 3 rings (SSSR count). The second-order valence-corrected chi connectivity index (χ2v) is 9.22. The lowest BCUT2D eigenvalue weighted by Gasteiger charge is -2.22. The zero-order valence-electron chi connectivity index (χ0n) is 14.3. The van der Waals surface area contributed by atoms with Crippen molar-refractivity contribution in [2.24, 2.45) is 0 Å². The molecule has 1 aromatic carbocycles. The van der Waals surface area contributed by atoms with Crippen LogP contribution in [0.15, 0.2) is 29.2 Å². The second kappa shape index (κ2) is 7.37. The number of hydrogen-bond donors (Lipinski definition) is 1. The minimum Gasteiger partial charge on any atom is -0.299 e. The molecule has 1 aliphatic rings. The maximum absolute atomic E-state index is 13.1. The van der Waals surface area contributed by atoms with Gasteiger partial charge in [0.15, 0.2) is 0 Å². The van der Waals surface area contributed by atoms with Crippen LogP contribution in [-0.4, -0.2) is 41.4 Å². The van der Waals surface area contributed by atoms with Crippen LogP contribution in [0, 0.1) is 5.82 Å². The summed E-state index contributed by atoms with van der Waals surface area (Å²) in [6, 6.07) is 3.77. The quantitative estimate of drug-likeness (QED) is 0.836. The van der Waals surface area contributed by atoms with E-state index in [1.165, 1.54) is 27.8 Å². The molecule has 7 nitrogen and oxygen atoms in total. The Morgan fingerprint density at radius 1 is 1.31 bits per heavy atom. The number of halogens is 1. The highest BCUT2D eigenvalue weighted by molar-refractivity contribution is 7.89. The van der Waals surface area contributed by atoms with Gasteiger partial charge in [0.25, 0.3) is 0 Å². The molecule has 2 heterocycles.